The lowest BCUT2D eigenvalue weighted by molar-refractivity contribution is -0.124. The van der Waals surface area contributed by atoms with Crippen LogP contribution in [0.25, 0.3) is 0 Å². The van der Waals surface area contributed by atoms with Crippen LogP contribution in [0.1, 0.15) is 33.6 Å². The average Bonchev–Trinajstić information content (AvgIpc) is 2.28. The van der Waals surface area contributed by atoms with Gasteiger partial charge in [-0.1, -0.05) is 33.3 Å². The third-order valence-electron chi connectivity index (χ3n) is 2.78. The molecule has 0 saturated carbocycles. The van der Waals surface area contributed by atoms with Crippen LogP contribution >= 0.6 is 11.6 Å². The zero-order valence-electron chi connectivity index (χ0n) is 11.3. The summed E-state index contributed by atoms with van der Waals surface area (Å²) in [5.41, 5.74) is -0.770. The molecule has 0 heterocycles. The second kappa shape index (κ2) is 6.57. The molecule has 0 aliphatic heterocycles. The fourth-order valence-corrected chi connectivity index (χ4v) is 1.86. The third-order valence-corrected chi connectivity index (χ3v) is 2.86. The third kappa shape index (κ3) is 4.91. The number of rotatable bonds is 5. The predicted molar refractivity (Wildman–Crippen MR) is 75.6 cm³/mol. The molecule has 4 nitrogen and oxygen atoms in total. The summed E-state index contributed by atoms with van der Waals surface area (Å²) < 4.78 is 4.74. The van der Waals surface area contributed by atoms with Crippen LogP contribution in [0.3, 0.4) is 0 Å². The first-order valence-corrected chi connectivity index (χ1v) is 6.52. The lowest BCUT2D eigenvalue weighted by Crippen LogP contribution is -2.30. The van der Waals surface area contributed by atoms with Crippen molar-refractivity contribution >= 4 is 28.6 Å². The highest BCUT2D eigenvalue weighted by atomic mass is 35.5. The molecule has 0 atom stereocenters. The van der Waals surface area contributed by atoms with Crippen LogP contribution in [-0.4, -0.2) is 11.3 Å². The number of benzene rings is 1. The summed E-state index contributed by atoms with van der Waals surface area (Å²) in [4.78, 5) is 22.8. The maximum Gasteiger partial charge on any atom is 0.409 e. The van der Waals surface area contributed by atoms with Crippen molar-refractivity contribution in [2.45, 2.75) is 33.6 Å². The number of carbonyl (C=O) groups excluding carboxylic acids is 2. The molecule has 1 aromatic carbocycles. The van der Waals surface area contributed by atoms with E-state index in [9.17, 15) is 9.59 Å². The second-order valence-electron chi connectivity index (χ2n) is 4.96. The van der Waals surface area contributed by atoms with E-state index < -0.39 is 10.8 Å². The topological polar surface area (TPSA) is 55.4 Å². The van der Waals surface area contributed by atoms with Crippen molar-refractivity contribution < 1.29 is 14.3 Å². The fourth-order valence-electron chi connectivity index (χ4n) is 1.77. The summed E-state index contributed by atoms with van der Waals surface area (Å²) in [6, 6.07) is 6.55. The predicted octanol–water partition coefficient (Wildman–Crippen LogP) is 4.19. The van der Waals surface area contributed by atoms with Crippen molar-refractivity contribution in [1.82, 2.24) is 0 Å². The zero-order chi connectivity index (χ0) is 14.5. The molecule has 0 aliphatic carbocycles. The Bertz CT molecular complexity index is 472. The van der Waals surface area contributed by atoms with Crippen LogP contribution in [0.5, 0.6) is 5.75 Å². The first-order valence-electron chi connectivity index (χ1n) is 6.14. The van der Waals surface area contributed by atoms with Crippen molar-refractivity contribution in [3.05, 3.63) is 24.3 Å². The zero-order valence-corrected chi connectivity index (χ0v) is 12.1. The minimum absolute atomic E-state index is 0.0660. The van der Waals surface area contributed by atoms with Crippen LogP contribution < -0.4 is 10.1 Å². The molecule has 1 amide bonds. The summed E-state index contributed by atoms with van der Waals surface area (Å²) in [6.45, 7) is 5.83. The molecule has 0 aromatic heterocycles. The van der Waals surface area contributed by atoms with Crippen molar-refractivity contribution in [2.75, 3.05) is 5.32 Å². The van der Waals surface area contributed by atoms with E-state index in [1.54, 1.807) is 24.3 Å². The van der Waals surface area contributed by atoms with Crippen LogP contribution in [0.4, 0.5) is 10.5 Å². The average molecular weight is 284 g/mol. The standard InChI is InChI=1S/C14H18ClNO3/c1-4-8-14(2,3)12(17)16-10-6-5-7-11(9-10)19-13(15)18/h5-7,9H,4,8H2,1-3H3,(H,16,17). The molecular weight excluding hydrogens is 266 g/mol. The minimum atomic E-state index is -0.908. The minimum Gasteiger partial charge on any atom is -0.414 e. The van der Waals surface area contributed by atoms with E-state index in [-0.39, 0.29) is 5.91 Å². The Morgan fingerprint density at radius 3 is 2.63 bits per heavy atom. The highest BCUT2D eigenvalue weighted by Crippen LogP contribution is 2.25. The largest absolute Gasteiger partial charge is 0.414 e. The Labute approximate surface area is 118 Å². The molecule has 0 spiro atoms. The van der Waals surface area contributed by atoms with E-state index in [0.29, 0.717) is 11.4 Å². The molecule has 0 unspecified atom stereocenters. The van der Waals surface area contributed by atoms with Crippen molar-refractivity contribution in [1.29, 1.82) is 0 Å². The van der Waals surface area contributed by atoms with E-state index in [1.807, 2.05) is 20.8 Å². The molecule has 0 fully saturated rings. The van der Waals surface area contributed by atoms with Gasteiger partial charge in [0, 0.05) is 28.8 Å². The van der Waals surface area contributed by atoms with Crippen LogP contribution in [0, 0.1) is 5.41 Å². The van der Waals surface area contributed by atoms with Gasteiger partial charge in [-0.05, 0) is 18.6 Å². The van der Waals surface area contributed by atoms with Gasteiger partial charge in [0.25, 0.3) is 0 Å². The molecule has 104 valence electrons. The monoisotopic (exact) mass is 283 g/mol. The van der Waals surface area contributed by atoms with Crippen molar-refractivity contribution in [3.63, 3.8) is 0 Å². The van der Waals surface area contributed by atoms with Gasteiger partial charge in [-0.3, -0.25) is 4.79 Å². The van der Waals surface area contributed by atoms with Crippen molar-refractivity contribution in [2.24, 2.45) is 5.41 Å². The Morgan fingerprint density at radius 2 is 2.05 bits per heavy atom. The number of ether oxygens (including phenoxy) is 1. The summed E-state index contributed by atoms with van der Waals surface area (Å²) in [5, 5.41) is 2.81. The van der Waals surface area contributed by atoms with Crippen LogP contribution in [-0.2, 0) is 4.79 Å². The first kappa shape index (κ1) is 15.5. The molecule has 1 rings (SSSR count). The number of hydrogen-bond donors (Lipinski definition) is 1. The van der Waals surface area contributed by atoms with Gasteiger partial charge < -0.3 is 10.1 Å². The highest BCUT2D eigenvalue weighted by Gasteiger charge is 2.26. The SMILES string of the molecule is CCCC(C)(C)C(=O)Nc1cccc(OC(=O)Cl)c1. The lowest BCUT2D eigenvalue weighted by atomic mass is 9.87. The highest BCUT2D eigenvalue weighted by molar-refractivity contribution is 6.61. The van der Waals surface area contributed by atoms with E-state index in [4.69, 9.17) is 16.3 Å². The summed E-state index contributed by atoms with van der Waals surface area (Å²) in [7, 11) is 0. The van der Waals surface area contributed by atoms with Crippen molar-refractivity contribution in [3.8, 4) is 5.75 Å². The molecule has 0 radical (unpaired) electrons. The Hall–Kier alpha value is -1.55. The van der Waals surface area contributed by atoms with E-state index in [1.165, 1.54) is 0 Å². The van der Waals surface area contributed by atoms with Gasteiger partial charge in [0.2, 0.25) is 5.91 Å². The Morgan fingerprint density at radius 1 is 1.37 bits per heavy atom. The lowest BCUT2D eigenvalue weighted by Gasteiger charge is -2.22. The Kier molecular flexibility index (Phi) is 5.36. The molecular formula is C14H18ClNO3. The number of amides is 1. The Balaban J connectivity index is 2.77. The first-order chi connectivity index (χ1) is 8.85. The summed E-state index contributed by atoms with van der Waals surface area (Å²) in [5.74, 6) is 0.231. The molecule has 5 heteroatoms. The van der Waals surface area contributed by atoms with Gasteiger partial charge in [-0.15, -0.1) is 0 Å². The van der Waals surface area contributed by atoms with Crippen LogP contribution in [0.15, 0.2) is 24.3 Å². The summed E-state index contributed by atoms with van der Waals surface area (Å²) in [6.07, 6.45) is 1.74. The number of carbonyl (C=O) groups is 2. The number of halogens is 1. The van der Waals surface area contributed by atoms with Gasteiger partial charge in [0.05, 0.1) is 0 Å². The van der Waals surface area contributed by atoms with Gasteiger partial charge in [-0.2, -0.15) is 0 Å². The molecule has 0 saturated heterocycles. The number of nitrogens with one attached hydrogen (secondary N) is 1. The summed E-state index contributed by atoms with van der Waals surface area (Å²) >= 11 is 5.14. The van der Waals surface area contributed by atoms with E-state index >= 15 is 0 Å². The van der Waals surface area contributed by atoms with Gasteiger partial charge in [0.15, 0.2) is 0 Å². The van der Waals surface area contributed by atoms with Gasteiger partial charge >= 0.3 is 5.43 Å². The van der Waals surface area contributed by atoms with E-state index in [0.717, 1.165) is 12.8 Å². The van der Waals surface area contributed by atoms with Gasteiger partial charge in [0.1, 0.15) is 5.75 Å². The smallest absolute Gasteiger partial charge is 0.409 e. The molecule has 0 aliphatic rings. The number of hydrogen-bond acceptors (Lipinski definition) is 3. The fraction of sp³-hybridized carbons (Fsp3) is 0.429. The molecule has 1 N–H and O–H groups in total. The number of anilines is 1. The molecule has 1 aromatic rings. The molecule has 0 bridgehead atoms. The maximum absolute atomic E-state index is 12.1. The maximum atomic E-state index is 12.1. The normalized spacial score (nSPS) is 10.9. The van der Waals surface area contributed by atoms with Gasteiger partial charge in [-0.25, -0.2) is 4.79 Å². The van der Waals surface area contributed by atoms with E-state index in [2.05, 4.69) is 5.32 Å². The van der Waals surface area contributed by atoms with Crippen LogP contribution in [0.2, 0.25) is 0 Å². The second-order valence-corrected chi connectivity index (χ2v) is 5.26. The molecule has 19 heavy (non-hydrogen) atoms. The quantitative estimate of drug-likeness (QED) is 0.824.